The third kappa shape index (κ3) is 2.88. The molecule has 0 spiro atoms. The summed E-state index contributed by atoms with van der Waals surface area (Å²) in [5, 5.41) is 2.14. The lowest BCUT2D eigenvalue weighted by Crippen LogP contribution is -2.39. The molecule has 0 saturated carbocycles. The molecule has 2 aromatic rings. The minimum Gasteiger partial charge on any atom is -0.399 e. The van der Waals surface area contributed by atoms with Gasteiger partial charge >= 0.3 is 0 Å². The zero-order chi connectivity index (χ0) is 15.5. The first-order valence-corrected chi connectivity index (χ1v) is 8.77. The van der Waals surface area contributed by atoms with Crippen LogP contribution in [0.25, 0.3) is 0 Å². The highest BCUT2D eigenvalue weighted by atomic mass is 32.1. The summed E-state index contributed by atoms with van der Waals surface area (Å²) in [5.74, 6) is 0.243. The van der Waals surface area contributed by atoms with E-state index in [1.165, 1.54) is 10.4 Å². The van der Waals surface area contributed by atoms with Gasteiger partial charge in [0.25, 0.3) is 0 Å². The maximum Gasteiger partial charge on any atom is 0.223 e. The van der Waals surface area contributed by atoms with Crippen molar-refractivity contribution in [3.05, 3.63) is 51.7 Å². The summed E-state index contributed by atoms with van der Waals surface area (Å²) in [7, 11) is 0. The van der Waals surface area contributed by atoms with Crippen LogP contribution in [0.3, 0.4) is 0 Å². The van der Waals surface area contributed by atoms with Gasteiger partial charge in [-0.3, -0.25) is 4.79 Å². The number of nitrogens with two attached hydrogens (primary N) is 1. The number of nitrogen functional groups attached to an aromatic ring is 1. The Labute approximate surface area is 135 Å². The van der Waals surface area contributed by atoms with Gasteiger partial charge in [-0.15, -0.1) is 11.3 Å². The lowest BCUT2D eigenvalue weighted by atomic mass is 9.97. The third-order valence-electron chi connectivity index (χ3n) is 4.47. The minimum atomic E-state index is 0.243. The fraction of sp³-hybridized carbons (Fsp3) is 0.389. The second-order valence-corrected chi connectivity index (χ2v) is 6.76. The van der Waals surface area contributed by atoms with E-state index in [2.05, 4.69) is 23.3 Å². The molecule has 2 heterocycles. The van der Waals surface area contributed by atoms with Crippen molar-refractivity contribution in [2.75, 3.05) is 12.3 Å². The van der Waals surface area contributed by atoms with Gasteiger partial charge in [-0.25, -0.2) is 0 Å². The molecular formula is C18H22N2OS. The van der Waals surface area contributed by atoms with Crippen molar-refractivity contribution in [1.82, 2.24) is 4.90 Å². The van der Waals surface area contributed by atoms with Crippen molar-refractivity contribution < 1.29 is 4.79 Å². The molecule has 0 radical (unpaired) electrons. The number of carbonyl (C=O) groups is 1. The van der Waals surface area contributed by atoms with Gasteiger partial charge in [-0.2, -0.15) is 0 Å². The van der Waals surface area contributed by atoms with Crippen LogP contribution in [-0.4, -0.2) is 17.4 Å². The molecule has 116 valence electrons. The van der Waals surface area contributed by atoms with Gasteiger partial charge in [0, 0.05) is 23.5 Å². The Morgan fingerprint density at radius 2 is 2.18 bits per heavy atom. The summed E-state index contributed by atoms with van der Waals surface area (Å²) in [6, 6.07) is 10.2. The molecule has 3 rings (SSSR count). The maximum atomic E-state index is 12.7. The van der Waals surface area contributed by atoms with Crippen molar-refractivity contribution in [3.8, 4) is 0 Å². The molecule has 0 bridgehead atoms. The first-order chi connectivity index (χ1) is 10.7. The number of fused-ring (bicyclic) bond motifs is 1. The van der Waals surface area contributed by atoms with Crippen LogP contribution in [0.1, 0.15) is 41.8 Å². The number of hydrogen-bond acceptors (Lipinski definition) is 3. The summed E-state index contributed by atoms with van der Waals surface area (Å²) >= 11 is 1.82. The monoisotopic (exact) mass is 314 g/mol. The van der Waals surface area contributed by atoms with E-state index in [1.54, 1.807) is 0 Å². The smallest absolute Gasteiger partial charge is 0.223 e. The highest BCUT2D eigenvalue weighted by Gasteiger charge is 2.29. The molecule has 2 N–H and O–H groups in total. The summed E-state index contributed by atoms with van der Waals surface area (Å²) in [6.07, 6.45) is 3.21. The molecule has 1 aliphatic heterocycles. The predicted molar refractivity (Wildman–Crippen MR) is 91.9 cm³/mol. The van der Waals surface area contributed by atoms with E-state index >= 15 is 0 Å². The Hall–Kier alpha value is -1.81. The van der Waals surface area contributed by atoms with Gasteiger partial charge < -0.3 is 10.6 Å². The number of hydrogen-bond donors (Lipinski definition) is 1. The number of benzene rings is 1. The molecule has 1 atom stereocenters. The zero-order valence-corrected chi connectivity index (χ0v) is 13.7. The van der Waals surface area contributed by atoms with Crippen LogP contribution in [0, 0.1) is 0 Å². The summed E-state index contributed by atoms with van der Waals surface area (Å²) in [4.78, 5) is 16.2. The predicted octanol–water partition coefficient (Wildman–Crippen LogP) is 3.80. The van der Waals surface area contributed by atoms with Gasteiger partial charge in [0.2, 0.25) is 5.91 Å². The highest BCUT2D eigenvalue weighted by Crippen LogP contribution is 2.35. The number of carbonyl (C=O) groups excluding carboxylic acids is 1. The Morgan fingerprint density at radius 3 is 2.95 bits per heavy atom. The fourth-order valence-electron chi connectivity index (χ4n) is 3.28. The fourth-order valence-corrected chi connectivity index (χ4v) is 4.21. The molecule has 1 aliphatic rings. The third-order valence-corrected chi connectivity index (χ3v) is 5.46. The van der Waals surface area contributed by atoms with E-state index < -0.39 is 0 Å². The quantitative estimate of drug-likeness (QED) is 0.873. The van der Waals surface area contributed by atoms with Gasteiger partial charge in [-0.1, -0.05) is 25.1 Å². The molecule has 1 aromatic heterocycles. The van der Waals surface area contributed by atoms with Crippen LogP contribution < -0.4 is 5.73 Å². The van der Waals surface area contributed by atoms with Gasteiger partial charge in [0.05, 0.1) is 6.04 Å². The van der Waals surface area contributed by atoms with Gasteiger partial charge in [-0.05, 0) is 47.9 Å². The van der Waals surface area contributed by atoms with Gasteiger partial charge in [0.15, 0.2) is 0 Å². The van der Waals surface area contributed by atoms with E-state index in [-0.39, 0.29) is 11.9 Å². The zero-order valence-electron chi connectivity index (χ0n) is 12.9. The number of nitrogens with zero attached hydrogens (tertiary/aromatic N) is 1. The Kier molecular flexibility index (Phi) is 4.48. The lowest BCUT2D eigenvalue weighted by molar-refractivity contribution is -0.134. The molecule has 0 aliphatic carbocycles. The van der Waals surface area contributed by atoms with Crippen molar-refractivity contribution in [2.45, 2.75) is 38.6 Å². The second kappa shape index (κ2) is 6.53. The molecule has 0 fully saturated rings. The standard InChI is InChI=1S/C18H22N2OS/c1-2-16-14-10-12-22-17(14)9-11-20(16)18(21)8-7-13-5-3-4-6-15(13)19/h3-6,10,12,16H,2,7-9,11,19H2,1H3. The molecule has 22 heavy (non-hydrogen) atoms. The van der Waals surface area contributed by atoms with E-state index in [0.717, 1.165) is 37.1 Å². The largest absolute Gasteiger partial charge is 0.399 e. The average molecular weight is 314 g/mol. The molecule has 1 amide bonds. The SMILES string of the molecule is CCC1c2ccsc2CCN1C(=O)CCc1ccccc1N. The molecule has 4 heteroatoms. The van der Waals surface area contributed by atoms with E-state index in [4.69, 9.17) is 5.73 Å². The number of amides is 1. The number of anilines is 1. The Bertz CT molecular complexity index is 665. The Balaban J connectivity index is 1.69. The first kappa shape index (κ1) is 15.1. The van der Waals surface area contributed by atoms with Crippen LogP contribution in [0.2, 0.25) is 0 Å². The van der Waals surface area contributed by atoms with E-state index in [1.807, 2.05) is 35.6 Å². The van der Waals surface area contributed by atoms with Crippen molar-refractivity contribution in [1.29, 1.82) is 0 Å². The number of thiophene rings is 1. The molecule has 3 nitrogen and oxygen atoms in total. The van der Waals surface area contributed by atoms with Crippen molar-refractivity contribution in [2.24, 2.45) is 0 Å². The normalized spacial score (nSPS) is 17.3. The summed E-state index contributed by atoms with van der Waals surface area (Å²) in [6.45, 7) is 3.00. The summed E-state index contributed by atoms with van der Waals surface area (Å²) < 4.78 is 0. The van der Waals surface area contributed by atoms with Crippen LogP contribution in [0.5, 0.6) is 0 Å². The summed E-state index contributed by atoms with van der Waals surface area (Å²) in [5.41, 5.74) is 9.16. The van der Waals surface area contributed by atoms with E-state index in [0.29, 0.717) is 6.42 Å². The van der Waals surface area contributed by atoms with Crippen LogP contribution in [-0.2, 0) is 17.6 Å². The van der Waals surface area contributed by atoms with E-state index in [9.17, 15) is 4.79 Å². The first-order valence-electron chi connectivity index (χ1n) is 7.89. The number of rotatable bonds is 4. The van der Waals surface area contributed by atoms with Crippen LogP contribution in [0.4, 0.5) is 5.69 Å². The van der Waals surface area contributed by atoms with Crippen molar-refractivity contribution >= 4 is 22.9 Å². The van der Waals surface area contributed by atoms with Crippen LogP contribution >= 0.6 is 11.3 Å². The average Bonchev–Trinajstić information content (AvgIpc) is 3.01. The lowest BCUT2D eigenvalue weighted by Gasteiger charge is -2.35. The molecular weight excluding hydrogens is 292 g/mol. The topological polar surface area (TPSA) is 46.3 Å². The second-order valence-electron chi connectivity index (χ2n) is 5.76. The Morgan fingerprint density at radius 1 is 1.36 bits per heavy atom. The molecule has 1 aromatic carbocycles. The molecule has 1 unspecified atom stereocenters. The minimum absolute atomic E-state index is 0.243. The highest BCUT2D eigenvalue weighted by molar-refractivity contribution is 7.10. The molecule has 0 saturated heterocycles. The maximum absolute atomic E-state index is 12.7. The number of para-hydroxylation sites is 1. The van der Waals surface area contributed by atoms with Gasteiger partial charge in [0.1, 0.15) is 0 Å². The number of aryl methyl sites for hydroxylation is 1. The van der Waals surface area contributed by atoms with Crippen LogP contribution in [0.15, 0.2) is 35.7 Å². The van der Waals surface area contributed by atoms with Crippen molar-refractivity contribution in [3.63, 3.8) is 0 Å².